The highest BCUT2D eigenvalue weighted by Gasteiger charge is 2.38. The highest BCUT2D eigenvalue weighted by molar-refractivity contribution is 7.22. The first-order valence-corrected chi connectivity index (χ1v) is 11.4. The van der Waals surface area contributed by atoms with Gasteiger partial charge in [0, 0.05) is 6.54 Å². The van der Waals surface area contributed by atoms with E-state index < -0.39 is 12.2 Å². The molecule has 0 fully saturated rings. The minimum atomic E-state index is -0.718. The average molecular weight is 440 g/mol. The number of ether oxygens (including phenoxy) is 2. The predicted octanol–water partition coefficient (Wildman–Crippen LogP) is 4.43. The number of thiazole rings is 1. The van der Waals surface area contributed by atoms with Crippen LogP contribution in [-0.2, 0) is 4.79 Å². The molecule has 0 bridgehead atoms. The fourth-order valence-electron chi connectivity index (χ4n) is 3.87. The molecule has 0 spiro atoms. The van der Waals surface area contributed by atoms with Gasteiger partial charge in [-0.2, -0.15) is 0 Å². The number of aromatic nitrogens is 1. The summed E-state index contributed by atoms with van der Waals surface area (Å²) in [5, 5.41) is 0.710. The standard InChI is InChI=1S/C24H29N3O3S/c1-15-13-16(2)22-18(14-15)25-24(31-22)27(12-8-11-26(4)5)23(28)21-17(3)29-19-9-6-7-10-20(19)30-21/h6-7,9-10,13-14,17,21H,8,11-12H2,1-5H3. The van der Waals surface area contributed by atoms with E-state index >= 15 is 0 Å². The molecular weight excluding hydrogens is 410 g/mol. The first kappa shape index (κ1) is 21.6. The van der Waals surface area contributed by atoms with E-state index in [0.717, 1.165) is 23.2 Å². The van der Waals surface area contributed by atoms with Crippen LogP contribution < -0.4 is 14.4 Å². The Hall–Kier alpha value is -2.64. The molecule has 1 amide bonds. The second kappa shape index (κ2) is 8.85. The lowest BCUT2D eigenvalue weighted by atomic mass is 10.1. The molecule has 2 heterocycles. The Bertz CT molecular complexity index is 1090. The number of benzene rings is 2. The molecule has 164 valence electrons. The molecule has 2 atom stereocenters. The monoisotopic (exact) mass is 439 g/mol. The SMILES string of the molecule is Cc1cc(C)c2sc(N(CCCN(C)C)C(=O)C3Oc4ccccc4OC3C)nc2c1. The van der Waals surface area contributed by atoms with Crippen LogP contribution >= 0.6 is 11.3 Å². The number of nitrogens with zero attached hydrogens (tertiary/aromatic N) is 3. The number of aryl methyl sites for hydroxylation is 2. The molecule has 4 rings (SSSR count). The van der Waals surface area contributed by atoms with Crippen LogP contribution in [-0.4, -0.2) is 55.2 Å². The lowest BCUT2D eigenvalue weighted by Crippen LogP contribution is -2.51. The maximum atomic E-state index is 13.7. The zero-order valence-electron chi connectivity index (χ0n) is 18.7. The van der Waals surface area contributed by atoms with Crippen LogP contribution in [0.2, 0.25) is 0 Å². The smallest absolute Gasteiger partial charge is 0.273 e. The van der Waals surface area contributed by atoms with Crippen LogP contribution in [0, 0.1) is 13.8 Å². The fraction of sp³-hybridized carbons (Fsp3) is 0.417. The van der Waals surface area contributed by atoms with Crippen LogP contribution in [0.1, 0.15) is 24.5 Å². The molecule has 0 saturated carbocycles. The van der Waals surface area contributed by atoms with Gasteiger partial charge in [0.1, 0.15) is 6.10 Å². The Morgan fingerprint density at radius 2 is 1.81 bits per heavy atom. The molecule has 1 aliphatic heterocycles. The second-order valence-electron chi connectivity index (χ2n) is 8.38. The quantitative estimate of drug-likeness (QED) is 0.569. The molecule has 0 saturated heterocycles. The largest absolute Gasteiger partial charge is 0.482 e. The van der Waals surface area contributed by atoms with Crippen molar-refractivity contribution in [1.82, 2.24) is 9.88 Å². The molecule has 3 aromatic rings. The van der Waals surface area contributed by atoms with Crippen molar-refractivity contribution in [2.45, 2.75) is 39.4 Å². The number of rotatable bonds is 6. The second-order valence-corrected chi connectivity index (χ2v) is 9.36. The molecule has 1 aliphatic rings. The van der Waals surface area contributed by atoms with Gasteiger partial charge in [-0.3, -0.25) is 9.69 Å². The number of carbonyl (C=O) groups is 1. The van der Waals surface area contributed by atoms with Crippen molar-refractivity contribution in [2.75, 3.05) is 32.1 Å². The summed E-state index contributed by atoms with van der Waals surface area (Å²) in [4.78, 5) is 22.4. The predicted molar refractivity (Wildman–Crippen MR) is 126 cm³/mol. The van der Waals surface area contributed by atoms with E-state index in [1.165, 1.54) is 11.1 Å². The minimum Gasteiger partial charge on any atom is -0.482 e. The maximum Gasteiger partial charge on any atom is 0.273 e. The number of anilines is 1. The van der Waals surface area contributed by atoms with Crippen molar-refractivity contribution in [2.24, 2.45) is 0 Å². The fourth-order valence-corrected chi connectivity index (χ4v) is 4.92. The normalized spacial score (nSPS) is 17.9. The zero-order valence-corrected chi connectivity index (χ0v) is 19.5. The van der Waals surface area contributed by atoms with Crippen LogP contribution in [0.3, 0.4) is 0 Å². The number of para-hydroxylation sites is 2. The molecule has 31 heavy (non-hydrogen) atoms. The van der Waals surface area contributed by atoms with E-state index in [9.17, 15) is 4.79 Å². The Labute approximate surface area is 187 Å². The Kier molecular flexibility index (Phi) is 6.16. The summed E-state index contributed by atoms with van der Waals surface area (Å²) in [7, 11) is 4.07. The van der Waals surface area contributed by atoms with E-state index in [-0.39, 0.29) is 5.91 Å². The average Bonchev–Trinajstić information content (AvgIpc) is 3.14. The van der Waals surface area contributed by atoms with Gasteiger partial charge in [-0.25, -0.2) is 4.98 Å². The minimum absolute atomic E-state index is 0.116. The maximum absolute atomic E-state index is 13.7. The third-order valence-corrected chi connectivity index (χ3v) is 6.61. The summed E-state index contributed by atoms with van der Waals surface area (Å²) in [5.74, 6) is 1.15. The van der Waals surface area contributed by atoms with Crippen molar-refractivity contribution in [3.8, 4) is 11.5 Å². The van der Waals surface area contributed by atoms with Gasteiger partial charge in [-0.15, -0.1) is 0 Å². The van der Waals surface area contributed by atoms with E-state index in [0.29, 0.717) is 23.2 Å². The molecule has 2 unspecified atom stereocenters. The lowest BCUT2D eigenvalue weighted by molar-refractivity contribution is -0.130. The van der Waals surface area contributed by atoms with Gasteiger partial charge in [-0.05, 0) is 77.2 Å². The topological polar surface area (TPSA) is 54.9 Å². The van der Waals surface area contributed by atoms with Gasteiger partial charge >= 0.3 is 0 Å². The first-order valence-electron chi connectivity index (χ1n) is 10.6. The summed E-state index contributed by atoms with van der Waals surface area (Å²) >= 11 is 1.56. The number of hydrogen-bond acceptors (Lipinski definition) is 6. The van der Waals surface area contributed by atoms with Gasteiger partial charge < -0.3 is 14.4 Å². The first-order chi connectivity index (χ1) is 14.8. The van der Waals surface area contributed by atoms with Crippen molar-refractivity contribution >= 4 is 32.6 Å². The highest BCUT2D eigenvalue weighted by Crippen LogP contribution is 2.36. The van der Waals surface area contributed by atoms with E-state index in [1.54, 1.807) is 16.2 Å². The Morgan fingerprint density at radius 1 is 1.10 bits per heavy atom. The highest BCUT2D eigenvalue weighted by atomic mass is 32.1. The van der Waals surface area contributed by atoms with Crippen molar-refractivity contribution in [3.05, 3.63) is 47.5 Å². The molecule has 6 nitrogen and oxygen atoms in total. The summed E-state index contributed by atoms with van der Waals surface area (Å²) in [6.45, 7) is 7.49. The zero-order chi connectivity index (χ0) is 22.1. The van der Waals surface area contributed by atoms with Crippen LogP contribution in [0.15, 0.2) is 36.4 Å². The molecule has 0 radical (unpaired) electrons. The number of hydrogen-bond donors (Lipinski definition) is 0. The number of carbonyl (C=O) groups excluding carboxylic acids is 1. The molecule has 1 aromatic heterocycles. The van der Waals surface area contributed by atoms with Crippen molar-refractivity contribution in [1.29, 1.82) is 0 Å². The van der Waals surface area contributed by atoms with Crippen LogP contribution in [0.4, 0.5) is 5.13 Å². The summed E-state index contributed by atoms with van der Waals surface area (Å²) in [6.07, 6.45) is -0.271. The molecule has 0 N–H and O–H groups in total. The van der Waals surface area contributed by atoms with E-state index in [2.05, 4.69) is 30.9 Å². The number of amides is 1. The number of fused-ring (bicyclic) bond motifs is 2. The van der Waals surface area contributed by atoms with Gasteiger partial charge in [-0.1, -0.05) is 29.5 Å². The Balaban J connectivity index is 1.66. The van der Waals surface area contributed by atoms with E-state index in [4.69, 9.17) is 14.5 Å². The summed E-state index contributed by atoms with van der Waals surface area (Å²) in [5.41, 5.74) is 3.28. The summed E-state index contributed by atoms with van der Waals surface area (Å²) < 4.78 is 13.2. The van der Waals surface area contributed by atoms with Gasteiger partial charge in [0.25, 0.3) is 5.91 Å². The van der Waals surface area contributed by atoms with Crippen molar-refractivity contribution < 1.29 is 14.3 Å². The van der Waals surface area contributed by atoms with E-state index in [1.807, 2.05) is 45.3 Å². The summed E-state index contributed by atoms with van der Waals surface area (Å²) in [6, 6.07) is 11.7. The van der Waals surface area contributed by atoms with Crippen LogP contribution in [0.5, 0.6) is 11.5 Å². The molecular formula is C24H29N3O3S. The van der Waals surface area contributed by atoms with Crippen molar-refractivity contribution in [3.63, 3.8) is 0 Å². The lowest BCUT2D eigenvalue weighted by Gasteiger charge is -2.33. The third kappa shape index (κ3) is 4.52. The Morgan fingerprint density at radius 3 is 2.52 bits per heavy atom. The molecule has 2 aromatic carbocycles. The molecule has 7 heteroatoms. The molecule has 0 aliphatic carbocycles. The van der Waals surface area contributed by atoms with Gasteiger partial charge in [0.05, 0.1) is 10.2 Å². The van der Waals surface area contributed by atoms with Gasteiger partial charge in [0.15, 0.2) is 16.6 Å². The third-order valence-electron chi connectivity index (χ3n) is 5.38. The van der Waals surface area contributed by atoms with Gasteiger partial charge in [0.2, 0.25) is 6.10 Å². The van der Waals surface area contributed by atoms with Crippen LogP contribution in [0.25, 0.3) is 10.2 Å².